The van der Waals surface area contributed by atoms with Crippen molar-refractivity contribution in [2.75, 3.05) is 5.43 Å². The Bertz CT molecular complexity index is 620. The minimum absolute atomic E-state index is 0.183. The molecular weight excluding hydrogens is 282 g/mol. The zero-order valence-corrected chi connectivity index (χ0v) is 11.1. The summed E-state index contributed by atoms with van der Waals surface area (Å²) in [6.45, 7) is 0.183. The third-order valence-electron chi connectivity index (χ3n) is 2.62. The number of hydrogen-bond donors (Lipinski definition) is 3. The zero-order valence-electron chi connectivity index (χ0n) is 10.3. The maximum absolute atomic E-state index is 10.8. The average molecular weight is 294 g/mol. The van der Waals surface area contributed by atoms with Crippen molar-refractivity contribution in [1.29, 1.82) is 0 Å². The number of halogens is 1. The first kappa shape index (κ1) is 14.1. The van der Waals surface area contributed by atoms with Gasteiger partial charge in [0.05, 0.1) is 4.92 Å². The van der Waals surface area contributed by atoms with Crippen LogP contribution in [-0.4, -0.2) is 10.0 Å². The fraction of sp³-hybridized carbons (Fsp3) is 0.0769. The van der Waals surface area contributed by atoms with E-state index in [0.717, 1.165) is 11.8 Å². The number of anilines is 1. The number of phenolic OH excluding ortho intramolecular Hbond substituents is 1. The SMILES string of the molecule is O=[N+]([O-])c1cc(Cl)cc(CNNc2ccccc2)c1O. The van der Waals surface area contributed by atoms with Gasteiger partial charge in [-0.3, -0.25) is 10.1 Å². The summed E-state index contributed by atoms with van der Waals surface area (Å²) >= 11 is 5.80. The van der Waals surface area contributed by atoms with E-state index in [9.17, 15) is 15.2 Å². The average Bonchev–Trinajstić information content (AvgIpc) is 2.43. The lowest BCUT2D eigenvalue weighted by Crippen LogP contribution is -2.20. The van der Waals surface area contributed by atoms with E-state index in [1.165, 1.54) is 6.07 Å². The third-order valence-corrected chi connectivity index (χ3v) is 2.83. The molecule has 0 bridgehead atoms. The van der Waals surface area contributed by atoms with Crippen molar-refractivity contribution >= 4 is 23.0 Å². The summed E-state index contributed by atoms with van der Waals surface area (Å²) in [5, 5.41) is 20.8. The molecule has 0 amide bonds. The van der Waals surface area contributed by atoms with Crippen molar-refractivity contribution in [3.63, 3.8) is 0 Å². The molecule has 0 atom stereocenters. The summed E-state index contributed by atoms with van der Waals surface area (Å²) < 4.78 is 0. The van der Waals surface area contributed by atoms with Gasteiger partial charge >= 0.3 is 5.69 Å². The molecule has 2 rings (SSSR count). The molecule has 104 valence electrons. The van der Waals surface area contributed by atoms with E-state index < -0.39 is 10.6 Å². The van der Waals surface area contributed by atoms with Crippen molar-refractivity contribution in [1.82, 2.24) is 5.43 Å². The quantitative estimate of drug-likeness (QED) is 0.582. The Morgan fingerprint density at radius 2 is 1.95 bits per heavy atom. The van der Waals surface area contributed by atoms with Gasteiger partial charge in [-0.25, -0.2) is 5.43 Å². The second-order valence-electron chi connectivity index (χ2n) is 4.03. The van der Waals surface area contributed by atoms with Crippen LogP contribution in [0.25, 0.3) is 0 Å². The molecule has 0 radical (unpaired) electrons. The molecule has 0 heterocycles. The van der Waals surface area contributed by atoms with Gasteiger partial charge in [0.2, 0.25) is 0 Å². The fourth-order valence-electron chi connectivity index (χ4n) is 1.68. The number of para-hydroxylation sites is 1. The molecule has 0 aliphatic heterocycles. The van der Waals surface area contributed by atoms with Gasteiger partial charge in [-0.05, 0) is 18.2 Å². The highest BCUT2D eigenvalue weighted by Crippen LogP contribution is 2.33. The first-order valence-electron chi connectivity index (χ1n) is 5.77. The number of rotatable bonds is 5. The molecule has 0 aliphatic carbocycles. The van der Waals surface area contributed by atoms with Gasteiger partial charge in [0.15, 0.2) is 5.75 Å². The van der Waals surface area contributed by atoms with Gasteiger partial charge in [0.1, 0.15) is 0 Å². The van der Waals surface area contributed by atoms with Crippen LogP contribution in [0, 0.1) is 10.1 Å². The molecule has 3 N–H and O–H groups in total. The molecule has 2 aromatic carbocycles. The van der Waals surface area contributed by atoms with Crippen LogP contribution >= 0.6 is 11.6 Å². The van der Waals surface area contributed by atoms with Gasteiger partial charge in [-0.1, -0.05) is 29.8 Å². The Labute approximate surface area is 120 Å². The number of hydrogen-bond acceptors (Lipinski definition) is 5. The Morgan fingerprint density at radius 3 is 2.60 bits per heavy atom. The molecule has 0 saturated heterocycles. The maximum atomic E-state index is 10.8. The smallest absolute Gasteiger partial charge is 0.312 e. The molecule has 20 heavy (non-hydrogen) atoms. The number of hydrazine groups is 1. The van der Waals surface area contributed by atoms with Crippen LogP contribution in [0.5, 0.6) is 5.75 Å². The molecule has 6 nitrogen and oxygen atoms in total. The third kappa shape index (κ3) is 3.37. The van der Waals surface area contributed by atoms with E-state index in [4.69, 9.17) is 11.6 Å². The Hall–Kier alpha value is -2.31. The summed E-state index contributed by atoms with van der Waals surface area (Å²) in [5.74, 6) is -0.387. The number of benzene rings is 2. The van der Waals surface area contributed by atoms with E-state index in [1.807, 2.05) is 30.3 Å². The largest absolute Gasteiger partial charge is 0.502 e. The second kappa shape index (κ2) is 6.23. The summed E-state index contributed by atoms with van der Waals surface area (Å²) in [5.41, 5.74) is 6.54. The predicted octanol–water partition coefficient (Wildman–Crippen LogP) is 3.07. The lowest BCUT2D eigenvalue weighted by Gasteiger charge is -2.10. The number of nitro groups is 1. The van der Waals surface area contributed by atoms with Crippen molar-refractivity contribution in [3.05, 3.63) is 63.2 Å². The highest BCUT2D eigenvalue weighted by Gasteiger charge is 2.18. The van der Waals surface area contributed by atoms with E-state index in [0.29, 0.717) is 5.56 Å². The molecule has 0 fully saturated rings. The van der Waals surface area contributed by atoms with Crippen LogP contribution in [0.4, 0.5) is 11.4 Å². The Morgan fingerprint density at radius 1 is 1.25 bits per heavy atom. The second-order valence-corrected chi connectivity index (χ2v) is 4.47. The van der Waals surface area contributed by atoms with Gasteiger partial charge in [-0.15, -0.1) is 0 Å². The molecule has 0 unspecified atom stereocenters. The minimum Gasteiger partial charge on any atom is -0.502 e. The number of nitrogens with zero attached hydrogens (tertiary/aromatic N) is 1. The van der Waals surface area contributed by atoms with E-state index in [1.54, 1.807) is 0 Å². The summed E-state index contributed by atoms with van der Waals surface area (Å²) in [6, 6.07) is 11.9. The van der Waals surface area contributed by atoms with Gasteiger partial charge in [-0.2, -0.15) is 0 Å². The lowest BCUT2D eigenvalue weighted by molar-refractivity contribution is -0.385. The highest BCUT2D eigenvalue weighted by molar-refractivity contribution is 6.31. The minimum atomic E-state index is -0.671. The van der Waals surface area contributed by atoms with Crippen LogP contribution in [0.15, 0.2) is 42.5 Å². The molecule has 7 heteroatoms. The zero-order chi connectivity index (χ0) is 14.5. The van der Waals surface area contributed by atoms with Crippen LogP contribution in [0.3, 0.4) is 0 Å². The van der Waals surface area contributed by atoms with Crippen LogP contribution < -0.4 is 10.9 Å². The molecule has 0 aromatic heterocycles. The van der Waals surface area contributed by atoms with Crippen LogP contribution in [-0.2, 0) is 6.54 Å². The van der Waals surface area contributed by atoms with Gasteiger partial charge < -0.3 is 10.5 Å². The summed E-state index contributed by atoms with van der Waals surface area (Å²) in [6.07, 6.45) is 0. The molecule has 2 aromatic rings. The molecular formula is C13H12ClN3O3. The molecule has 0 spiro atoms. The number of nitro benzene ring substituents is 1. The van der Waals surface area contributed by atoms with Crippen molar-refractivity contribution in [2.45, 2.75) is 6.54 Å². The maximum Gasteiger partial charge on any atom is 0.312 e. The summed E-state index contributed by atoms with van der Waals surface area (Å²) in [7, 11) is 0. The van der Waals surface area contributed by atoms with E-state index in [2.05, 4.69) is 10.9 Å². The van der Waals surface area contributed by atoms with Crippen molar-refractivity contribution < 1.29 is 10.0 Å². The first-order valence-corrected chi connectivity index (χ1v) is 6.15. The molecule has 0 aliphatic rings. The van der Waals surface area contributed by atoms with Crippen LogP contribution in [0.1, 0.15) is 5.56 Å². The van der Waals surface area contributed by atoms with Gasteiger partial charge in [0, 0.05) is 28.9 Å². The standard InChI is InChI=1S/C13H12ClN3O3/c14-10-6-9(13(18)12(7-10)17(19)20)8-15-16-11-4-2-1-3-5-11/h1-7,15-16,18H,8H2. The first-order chi connectivity index (χ1) is 9.58. The van der Waals surface area contributed by atoms with E-state index in [-0.39, 0.29) is 17.3 Å². The van der Waals surface area contributed by atoms with Gasteiger partial charge in [0.25, 0.3) is 0 Å². The normalized spacial score (nSPS) is 10.2. The predicted molar refractivity (Wildman–Crippen MR) is 76.7 cm³/mol. The van der Waals surface area contributed by atoms with Crippen molar-refractivity contribution in [2.24, 2.45) is 0 Å². The Balaban J connectivity index is 2.08. The number of nitrogens with one attached hydrogen (secondary N) is 2. The molecule has 0 saturated carbocycles. The number of aromatic hydroxyl groups is 1. The number of phenols is 1. The van der Waals surface area contributed by atoms with Crippen LogP contribution in [0.2, 0.25) is 5.02 Å². The lowest BCUT2D eigenvalue weighted by atomic mass is 10.1. The van der Waals surface area contributed by atoms with E-state index >= 15 is 0 Å². The fourth-order valence-corrected chi connectivity index (χ4v) is 1.91. The topological polar surface area (TPSA) is 87.4 Å². The monoisotopic (exact) mass is 293 g/mol. The Kier molecular flexibility index (Phi) is 4.39. The highest BCUT2D eigenvalue weighted by atomic mass is 35.5. The summed E-state index contributed by atoms with van der Waals surface area (Å²) in [4.78, 5) is 10.1. The van der Waals surface area contributed by atoms with Crippen molar-refractivity contribution in [3.8, 4) is 5.75 Å².